The summed E-state index contributed by atoms with van der Waals surface area (Å²) in [5.41, 5.74) is 0. The molecule has 2 heterocycles. The van der Waals surface area contributed by atoms with E-state index < -0.39 is 28.0 Å². The number of pyridine rings is 1. The van der Waals surface area contributed by atoms with Crippen LogP contribution in [-0.2, 0) is 14.8 Å². The summed E-state index contributed by atoms with van der Waals surface area (Å²) in [5, 5.41) is 9.24. The van der Waals surface area contributed by atoms with Crippen LogP contribution < -0.4 is 4.74 Å². The molecule has 1 fully saturated rings. The van der Waals surface area contributed by atoms with Gasteiger partial charge in [0, 0.05) is 18.8 Å². The molecule has 0 aliphatic carbocycles. The molecule has 1 aliphatic heterocycles. The van der Waals surface area contributed by atoms with Crippen molar-refractivity contribution >= 4 is 16.0 Å². The molecule has 0 aromatic carbocycles. The van der Waals surface area contributed by atoms with Crippen molar-refractivity contribution in [2.24, 2.45) is 5.92 Å². The van der Waals surface area contributed by atoms with E-state index >= 15 is 0 Å². The summed E-state index contributed by atoms with van der Waals surface area (Å²) in [4.78, 5) is 15.1. The zero-order chi connectivity index (χ0) is 16.3. The number of sulfonamides is 1. The zero-order valence-corrected chi connectivity index (χ0v) is 13.4. The van der Waals surface area contributed by atoms with Crippen LogP contribution in [0.25, 0.3) is 0 Å². The number of carboxylic acids is 1. The second-order valence-electron chi connectivity index (χ2n) is 5.20. The second kappa shape index (κ2) is 6.62. The number of nitrogens with zero attached hydrogens (tertiary/aromatic N) is 2. The van der Waals surface area contributed by atoms with Crippen LogP contribution in [0.4, 0.5) is 0 Å². The Hall–Kier alpha value is -1.67. The van der Waals surface area contributed by atoms with E-state index in [0.717, 1.165) is 0 Å². The third-order valence-electron chi connectivity index (χ3n) is 3.88. The molecule has 0 spiro atoms. The molecule has 0 saturated carbocycles. The van der Waals surface area contributed by atoms with E-state index in [1.807, 2.05) is 0 Å². The van der Waals surface area contributed by atoms with E-state index in [4.69, 9.17) is 4.74 Å². The van der Waals surface area contributed by atoms with Crippen LogP contribution in [0.1, 0.15) is 26.7 Å². The number of carbonyl (C=O) groups is 1. The van der Waals surface area contributed by atoms with Gasteiger partial charge >= 0.3 is 5.97 Å². The molecule has 1 saturated heterocycles. The monoisotopic (exact) mass is 328 g/mol. The first-order valence-corrected chi connectivity index (χ1v) is 8.65. The van der Waals surface area contributed by atoms with E-state index in [2.05, 4.69) is 4.98 Å². The molecule has 0 amide bonds. The fourth-order valence-electron chi connectivity index (χ4n) is 2.74. The average molecular weight is 328 g/mol. The first-order valence-electron chi connectivity index (χ1n) is 7.21. The molecule has 0 bridgehead atoms. The fourth-order valence-corrected chi connectivity index (χ4v) is 4.53. The van der Waals surface area contributed by atoms with Crippen LogP contribution in [0.2, 0.25) is 0 Å². The highest BCUT2D eigenvalue weighted by Gasteiger charge is 2.40. The van der Waals surface area contributed by atoms with Gasteiger partial charge in [-0.3, -0.25) is 9.78 Å². The first kappa shape index (κ1) is 16.7. The van der Waals surface area contributed by atoms with Gasteiger partial charge in [0.25, 0.3) is 0 Å². The standard InChI is InChI=1S/C14H20N2O5S/c1-3-21-12-6-7-15-9-13(12)22(19,20)16-8-4-5-11(10(16)2)14(17)18/h6-7,9-11H,3-5,8H2,1-2H3,(H,17,18)/t10-,11-/m0/s1. The van der Waals surface area contributed by atoms with Crippen LogP contribution >= 0.6 is 0 Å². The topological polar surface area (TPSA) is 96.8 Å². The number of piperidine rings is 1. The highest BCUT2D eigenvalue weighted by molar-refractivity contribution is 7.89. The summed E-state index contributed by atoms with van der Waals surface area (Å²) >= 11 is 0. The maximum absolute atomic E-state index is 12.9. The molecule has 8 heteroatoms. The summed E-state index contributed by atoms with van der Waals surface area (Å²) in [5.74, 6) is -1.43. The SMILES string of the molecule is CCOc1ccncc1S(=O)(=O)N1CCC[C@H](C(=O)O)[C@@H]1C. The van der Waals surface area contributed by atoms with E-state index in [0.29, 0.717) is 26.0 Å². The molecule has 2 atom stereocenters. The van der Waals surface area contributed by atoms with Crippen molar-refractivity contribution in [3.05, 3.63) is 18.5 Å². The quantitative estimate of drug-likeness (QED) is 0.876. The predicted molar refractivity (Wildman–Crippen MR) is 79.1 cm³/mol. The smallest absolute Gasteiger partial charge is 0.308 e. The van der Waals surface area contributed by atoms with Crippen molar-refractivity contribution < 1.29 is 23.1 Å². The van der Waals surface area contributed by atoms with Crippen LogP contribution in [0.15, 0.2) is 23.4 Å². The maximum Gasteiger partial charge on any atom is 0.308 e. The lowest BCUT2D eigenvalue weighted by Crippen LogP contribution is -2.49. The van der Waals surface area contributed by atoms with E-state index in [1.165, 1.54) is 22.8 Å². The minimum absolute atomic E-state index is 0.0188. The van der Waals surface area contributed by atoms with Gasteiger partial charge in [-0.05, 0) is 32.8 Å². The highest BCUT2D eigenvalue weighted by Crippen LogP contribution is 2.32. The highest BCUT2D eigenvalue weighted by atomic mass is 32.2. The van der Waals surface area contributed by atoms with Gasteiger partial charge in [-0.1, -0.05) is 0 Å². The van der Waals surface area contributed by atoms with E-state index in [-0.39, 0.29) is 10.6 Å². The summed E-state index contributed by atoms with van der Waals surface area (Å²) in [6, 6.07) is 0.894. The third-order valence-corrected chi connectivity index (χ3v) is 5.88. The second-order valence-corrected chi connectivity index (χ2v) is 7.06. The van der Waals surface area contributed by atoms with Gasteiger partial charge in [-0.15, -0.1) is 0 Å². The van der Waals surface area contributed by atoms with Crippen molar-refractivity contribution in [1.29, 1.82) is 0 Å². The lowest BCUT2D eigenvalue weighted by atomic mass is 9.92. The summed E-state index contributed by atoms with van der Waals surface area (Å²) in [6.07, 6.45) is 3.71. The van der Waals surface area contributed by atoms with Gasteiger partial charge in [0.05, 0.1) is 18.7 Å². The molecule has 1 N–H and O–H groups in total. The Morgan fingerprint density at radius 3 is 2.91 bits per heavy atom. The minimum atomic E-state index is -3.85. The zero-order valence-electron chi connectivity index (χ0n) is 12.6. The van der Waals surface area contributed by atoms with Crippen molar-refractivity contribution in [2.45, 2.75) is 37.6 Å². The van der Waals surface area contributed by atoms with Gasteiger partial charge in [-0.2, -0.15) is 4.31 Å². The number of carboxylic acid groups (broad SMARTS) is 1. The van der Waals surface area contributed by atoms with E-state index in [1.54, 1.807) is 13.8 Å². The molecule has 1 aromatic heterocycles. The fraction of sp³-hybridized carbons (Fsp3) is 0.571. The lowest BCUT2D eigenvalue weighted by Gasteiger charge is -2.36. The Labute approximate surface area is 130 Å². The van der Waals surface area contributed by atoms with Gasteiger partial charge in [0.2, 0.25) is 10.0 Å². The third kappa shape index (κ3) is 3.07. The van der Waals surface area contributed by atoms with Crippen molar-refractivity contribution in [3.8, 4) is 5.75 Å². The van der Waals surface area contributed by atoms with Crippen LogP contribution in [0.3, 0.4) is 0 Å². The molecule has 1 aromatic rings. The van der Waals surface area contributed by atoms with Gasteiger partial charge in [0.15, 0.2) is 0 Å². The van der Waals surface area contributed by atoms with E-state index in [9.17, 15) is 18.3 Å². The number of ether oxygens (including phenoxy) is 1. The van der Waals surface area contributed by atoms with Crippen LogP contribution in [-0.4, -0.2) is 48.0 Å². The van der Waals surface area contributed by atoms with Gasteiger partial charge < -0.3 is 9.84 Å². The maximum atomic E-state index is 12.9. The Morgan fingerprint density at radius 2 is 2.27 bits per heavy atom. The molecule has 22 heavy (non-hydrogen) atoms. The van der Waals surface area contributed by atoms with Crippen molar-refractivity contribution in [2.75, 3.05) is 13.2 Å². The average Bonchev–Trinajstić information content (AvgIpc) is 2.47. The normalized spacial score (nSPS) is 23.2. The van der Waals surface area contributed by atoms with Crippen LogP contribution in [0.5, 0.6) is 5.75 Å². The predicted octanol–water partition coefficient (Wildman–Crippen LogP) is 1.35. The van der Waals surface area contributed by atoms with Crippen LogP contribution in [0, 0.1) is 5.92 Å². The molecule has 0 unspecified atom stereocenters. The number of aliphatic carboxylic acids is 1. The molecule has 122 valence electrons. The molecule has 0 radical (unpaired) electrons. The number of hydrogen-bond donors (Lipinski definition) is 1. The Kier molecular flexibility index (Phi) is 5.02. The molecular weight excluding hydrogens is 308 g/mol. The lowest BCUT2D eigenvalue weighted by molar-refractivity contribution is -0.144. The molecule has 2 rings (SSSR count). The molecular formula is C14H20N2O5S. The van der Waals surface area contributed by atoms with Crippen molar-refractivity contribution in [3.63, 3.8) is 0 Å². The Morgan fingerprint density at radius 1 is 1.55 bits per heavy atom. The first-order chi connectivity index (χ1) is 10.4. The summed E-state index contributed by atoms with van der Waals surface area (Å²) in [7, 11) is -3.85. The number of hydrogen-bond acceptors (Lipinski definition) is 5. The van der Waals surface area contributed by atoms with Gasteiger partial charge in [0.1, 0.15) is 10.6 Å². The largest absolute Gasteiger partial charge is 0.492 e. The minimum Gasteiger partial charge on any atom is -0.492 e. The summed E-state index contributed by atoms with van der Waals surface area (Å²) in [6.45, 7) is 4.03. The molecule has 1 aliphatic rings. The van der Waals surface area contributed by atoms with Gasteiger partial charge in [-0.25, -0.2) is 8.42 Å². The summed E-state index contributed by atoms with van der Waals surface area (Å²) < 4.78 is 32.4. The van der Waals surface area contributed by atoms with Crippen molar-refractivity contribution in [1.82, 2.24) is 9.29 Å². The Balaban J connectivity index is 2.40. The number of rotatable bonds is 5. The number of aromatic nitrogens is 1. The molecule has 7 nitrogen and oxygen atoms in total. The Bertz CT molecular complexity index is 646.